The highest BCUT2D eigenvalue weighted by atomic mass is 16.5. The maximum absolute atomic E-state index is 12.0. The summed E-state index contributed by atoms with van der Waals surface area (Å²) in [5.74, 6) is 0.229. The number of esters is 1. The van der Waals surface area contributed by atoms with Gasteiger partial charge in [-0.1, -0.05) is 0 Å². The molecule has 7 nitrogen and oxygen atoms in total. The lowest BCUT2D eigenvalue weighted by Gasteiger charge is -2.22. The van der Waals surface area contributed by atoms with Gasteiger partial charge >= 0.3 is 5.97 Å². The van der Waals surface area contributed by atoms with E-state index in [1.165, 1.54) is 12.0 Å². The third-order valence-corrected chi connectivity index (χ3v) is 3.00. The third kappa shape index (κ3) is 3.04. The molecule has 0 spiro atoms. The number of aromatic nitrogens is 1. The highest BCUT2D eigenvalue weighted by Crippen LogP contribution is 2.19. The van der Waals surface area contributed by atoms with E-state index >= 15 is 0 Å². The molecule has 1 unspecified atom stereocenters. The SMILES string of the molecule is COC(=O)C1CCCN1C(=O)COc1cc(C)on1. The topological polar surface area (TPSA) is 81.9 Å². The summed E-state index contributed by atoms with van der Waals surface area (Å²) >= 11 is 0. The molecule has 0 aliphatic carbocycles. The maximum atomic E-state index is 12.0. The lowest BCUT2D eigenvalue weighted by Crippen LogP contribution is -2.43. The van der Waals surface area contributed by atoms with E-state index in [1.807, 2.05) is 0 Å². The average Bonchev–Trinajstić information content (AvgIpc) is 3.03. The Kier molecular flexibility index (Phi) is 4.03. The summed E-state index contributed by atoms with van der Waals surface area (Å²) in [7, 11) is 1.32. The Hall–Kier alpha value is -2.05. The van der Waals surface area contributed by atoms with Crippen molar-refractivity contribution in [2.45, 2.75) is 25.8 Å². The van der Waals surface area contributed by atoms with Gasteiger partial charge in [0.1, 0.15) is 11.8 Å². The first-order chi connectivity index (χ1) is 9.11. The minimum Gasteiger partial charge on any atom is -0.467 e. The van der Waals surface area contributed by atoms with Crippen LogP contribution in [0.2, 0.25) is 0 Å². The molecule has 0 N–H and O–H groups in total. The first-order valence-corrected chi connectivity index (χ1v) is 6.05. The Balaban J connectivity index is 1.90. The fourth-order valence-electron chi connectivity index (χ4n) is 2.08. The predicted molar refractivity (Wildman–Crippen MR) is 63.5 cm³/mol. The lowest BCUT2D eigenvalue weighted by atomic mass is 10.2. The standard InChI is InChI=1S/C12H16N2O5/c1-8-6-10(13-19-8)18-7-11(15)14-5-3-4-9(14)12(16)17-2/h6,9H,3-5,7H2,1-2H3. The molecular formula is C12H16N2O5. The first-order valence-electron chi connectivity index (χ1n) is 6.05. The molecule has 1 atom stereocenters. The molecule has 0 saturated carbocycles. The molecule has 1 amide bonds. The Labute approximate surface area is 110 Å². The lowest BCUT2D eigenvalue weighted by molar-refractivity contribution is -0.151. The van der Waals surface area contributed by atoms with Crippen LogP contribution in [-0.4, -0.2) is 48.2 Å². The van der Waals surface area contributed by atoms with Crippen molar-refractivity contribution in [3.05, 3.63) is 11.8 Å². The minimum atomic E-state index is -0.500. The monoisotopic (exact) mass is 268 g/mol. The molecule has 0 radical (unpaired) electrons. The van der Waals surface area contributed by atoms with Gasteiger partial charge in [0.15, 0.2) is 6.61 Å². The molecule has 7 heteroatoms. The second-order valence-corrected chi connectivity index (χ2v) is 4.33. The van der Waals surface area contributed by atoms with Crippen LogP contribution in [0.4, 0.5) is 0 Å². The summed E-state index contributed by atoms with van der Waals surface area (Å²) in [4.78, 5) is 25.0. The Morgan fingerprint density at radius 1 is 1.58 bits per heavy atom. The van der Waals surface area contributed by atoms with Crippen molar-refractivity contribution in [1.29, 1.82) is 0 Å². The number of methoxy groups -OCH3 is 1. The van der Waals surface area contributed by atoms with E-state index in [2.05, 4.69) is 9.89 Å². The van der Waals surface area contributed by atoms with Crippen LogP contribution in [0.5, 0.6) is 5.88 Å². The van der Waals surface area contributed by atoms with E-state index in [-0.39, 0.29) is 24.4 Å². The van der Waals surface area contributed by atoms with Crippen LogP contribution in [0.1, 0.15) is 18.6 Å². The van der Waals surface area contributed by atoms with Gasteiger partial charge in [-0.05, 0) is 24.9 Å². The van der Waals surface area contributed by atoms with Gasteiger partial charge in [-0.3, -0.25) is 4.79 Å². The van der Waals surface area contributed by atoms with Crippen molar-refractivity contribution >= 4 is 11.9 Å². The van der Waals surface area contributed by atoms with Gasteiger partial charge in [-0.25, -0.2) is 4.79 Å². The van der Waals surface area contributed by atoms with E-state index < -0.39 is 6.04 Å². The van der Waals surface area contributed by atoms with Crippen LogP contribution in [0.15, 0.2) is 10.6 Å². The van der Waals surface area contributed by atoms with Crippen molar-refractivity contribution in [2.24, 2.45) is 0 Å². The van der Waals surface area contributed by atoms with Gasteiger partial charge < -0.3 is 18.9 Å². The van der Waals surface area contributed by atoms with E-state index in [0.29, 0.717) is 18.7 Å². The molecule has 1 fully saturated rings. The zero-order valence-corrected chi connectivity index (χ0v) is 10.9. The summed E-state index contributed by atoms with van der Waals surface area (Å²) < 4.78 is 14.7. The number of aryl methyl sites for hydroxylation is 1. The molecule has 104 valence electrons. The number of carbonyl (C=O) groups excluding carboxylic acids is 2. The number of rotatable bonds is 4. The van der Waals surface area contributed by atoms with Crippen molar-refractivity contribution in [3.8, 4) is 5.88 Å². The highest BCUT2D eigenvalue weighted by molar-refractivity contribution is 5.85. The van der Waals surface area contributed by atoms with Crippen LogP contribution in [0.3, 0.4) is 0 Å². The zero-order chi connectivity index (χ0) is 13.8. The molecule has 2 rings (SSSR count). The van der Waals surface area contributed by atoms with Gasteiger partial charge in [0.2, 0.25) is 0 Å². The predicted octanol–water partition coefficient (Wildman–Crippen LogP) is 0.526. The summed E-state index contributed by atoms with van der Waals surface area (Å²) in [5.41, 5.74) is 0. The zero-order valence-electron chi connectivity index (χ0n) is 10.9. The van der Waals surface area contributed by atoms with Crippen molar-refractivity contribution in [1.82, 2.24) is 10.1 Å². The Morgan fingerprint density at radius 2 is 2.37 bits per heavy atom. The number of ether oxygens (including phenoxy) is 2. The van der Waals surface area contributed by atoms with E-state index in [1.54, 1.807) is 13.0 Å². The number of nitrogens with zero attached hydrogens (tertiary/aromatic N) is 2. The van der Waals surface area contributed by atoms with Gasteiger partial charge in [0.05, 0.1) is 7.11 Å². The van der Waals surface area contributed by atoms with E-state index in [4.69, 9.17) is 9.26 Å². The smallest absolute Gasteiger partial charge is 0.328 e. The Morgan fingerprint density at radius 3 is 3.00 bits per heavy atom. The molecule has 1 aromatic rings. The molecule has 0 bridgehead atoms. The maximum Gasteiger partial charge on any atom is 0.328 e. The van der Waals surface area contributed by atoms with Gasteiger partial charge in [0, 0.05) is 12.6 Å². The fraction of sp³-hybridized carbons (Fsp3) is 0.583. The normalized spacial score (nSPS) is 18.4. The minimum absolute atomic E-state index is 0.167. The molecule has 1 aliphatic rings. The number of hydrogen-bond acceptors (Lipinski definition) is 6. The number of likely N-dealkylation sites (tertiary alicyclic amines) is 1. The molecule has 19 heavy (non-hydrogen) atoms. The summed E-state index contributed by atoms with van der Waals surface area (Å²) in [6, 6.07) is 1.09. The number of amides is 1. The van der Waals surface area contributed by atoms with Gasteiger partial charge in [0.25, 0.3) is 11.8 Å². The molecule has 0 aromatic carbocycles. The van der Waals surface area contributed by atoms with Crippen molar-refractivity contribution in [3.63, 3.8) is 0 Å². The van der Waals surface area contributed by atoms with Gasteiger partial charge in [-0.15, -0.1) is 0 Å². The molecule has 2 heterocycles. The summed E-state index contributed by atoms with van der Waals surface area (Å²) in [6.45, 7) is 2.11. The van der Waals surface area contributed by atoms with Crippen molar-refractivity contribution < 1.29 is 23.6 Å². The van der Waals surface area contributed by atoms with Crippen LogP contribution in [0.25, 0.3) is 0 Å². The first kappa shape index (κ1) is 13.4. The highest BCUT2D eigenvalue weighted by Gasteiger charge is 2.34. The average molecular weight is 268 g/mol. The largest absolute Gasteiger partial charge is 0.467 e. The second kappa shape index (κ2) is 5.73. The third-order valence-electron chi connectivity index (χ3n) is 3.00. The molecule has 1 aromatic heterocycles. The molecular weight excluding hydrogens is 252 g/mol. The fourth-order valence-corrected chi connectivity index (χ4v) is 2.08. The molecule has 1 aliphatic heterocycles. The van der Waals surface area contributed by atoms with Gasteiger partial charge in [-0.2, -0.15) is 0 Å². The second-order valence-electron chi connectivity index (χ2n) is 4.33. The van der Waals surface area contributed by atoms with E-state index in [0.717, 1.165) is 6.42 Å². The van der Waals surface area contributed by atoms with Crippen LogP contribution in [0, 0.1) is 6.92 Å². The van der Waals surface area contributed by atoms with Crippen LogP contribution >= 0.6 is 0 Å². The van der Waals surface area contributed by atoms with Crippen molar-refractivity contribution in [2.75, 3.05) is 20.3 Å². The summed E-state index contributed by atoms with van der Waals surface area (Å²) in [5, 5.41) is 3.63. The van der Waals surface area contributed by atoms with Crippen LogP contribution in [-0.2, 0) is 14.3 Å². The van der Waals surface area contributed by atoms with E-state index in [9.17, 15) is 9.59 Å². The van der Waals surface area contributed by atoms with Crippen LogP contribution < -0.4 is 4.74 Å². The summed E-state index contributed by atoms with van der Waals surface area (Å²) in [6.07, 6.45) is 1.41. The number of carbonyl (C=O) groups is 2. The number of hydrogen-bond donors (Lipinski definition) is 0. The molecule has 1 saturated heterocycles. The Bertz CT molecular complexity index is 470. The quantitative estimate of drug-likeness (QED) is 0.741.